The number of hydrogen-bond acceptors (Lipinski definition) is 8. The van der Waals surface area contributed by atoms with Gasteiger partial charge in [-0.05, 0) is 43.3 Å². The number of nitrogens with zero attached hydrogens (tertiary/aromatic N) is 7. The van der Waals surface area contributed by atoms with Crippen LogP contribution in [0.5, 0.6) is 5.75 Å². The number of methoxy groups -OCH3 is 1. The quantitative estimate of drug-likeness (QED) is 0.462. The van der Waals surface area contributed by atoms with Crippen LogP contribution in [0.3, 0.4) is 0 Å². The predicted octanol–water partition coefficient (Wildman–Crippen LogP) is 1.63. The van der Waals surface area contributed by atoms with Crippen LogP contribution in [-0.2, 0) is 4.74 Å². The lowest BCUT2D eigenvalue weighted by Gasteiger charge is -2.08. The Kier molecular flexibility index (Phi) is 5.08. The average molecular weight is 406 g/mol. The van der Waals surface area contributed by atoms with Crippen molar-refractivity contribution >= 4 is 11.2 Å². The molecule has 1 N–H and O–H groups in total. The highest BCUT2D eigenvalue weighted by Gasteiger charge is 2.19. The third-order valence-corrected chi connectivity index (χ3v) is 5.08. The molecule has 1 saturated heterocycles. The van der Waals surface area contributed by atoms with Crippen molar-refractivity contribution in [2.45, 2.75) is 12.5 Å². The Hall–Kier alpha value is -3.37. The molecule has 0 bridgehead atoms. The van der Waals surface area contributed by atoms with E-state index in [1.165, 1.54) is 0 Å². The van der Waals surface area contributed by atoms with Gasteiger partial charge < -0.3 is 14.8 Å². The van der Waals surface area contributed by atoms with Gasteiger partial charge in [0.15, 0.2) is 17.0 Å². The van der Waals surface area contributed by atoms with Gasteiger partial charge in [-0.1, -0.05) is 5.21 Å². The Morgan fingerprint density at radius 1 is 1.17 bits per heavy atom. The zero-order valence-electron chi connectivity index (χ0n) is 16.6. The van der Waals surface area contributed by atoms with Gasteiger partial charge in [-0.3, -0.25) is 4.68 Å². The Morgan fingerprint density at radius 2 is 2.07 bits per heavy atom. The summed E-state index contributed by atoms with van der Waals surface area (Å²) in [6, 6.07) is 9.93. The first-order valence-corrected chi connectivity index (χ1v) is 9.89. The van der Waals surface area contributed by atoms with E-state index in [9.17, 15) is 0 Å². The fourth-order valence-electron chi connectivity index (χ4n) is 3.48. The molecule has 1 fully saturated rings. The molecule has 10 nitrogen and oxygen atoms in total. The summed E-state index contributed by atoms with van der Waals surface area (Å²) in [6.45, 7) is 3.00. The minimum atomic E-state index is 0.374. The van der Waals surface area contributed by atoms with E-state index in [1.54, 1.807) is 18.0 Å². The van der Waals surface area contributed by atoms with Crippen molar-refractivity contribution in [1.82, 2.24) is 40.1 Å². The summed E-state index contributed by atoms with van der Waals surface area (Å²) >= 11 is 0. The molecule has 0 spiro atoms. The molecule has 0 aliphatic carbocycles. The van der Waals surface area contributed by atoms with Crippen molar-refractivity contribution < 1.29 is 9.47 Å². The van der Waals surface area contributed by atoms with Crippen LogP contribution in [0.2, 0.25) is 0 Å². The van der Waals surface area contributed by atoms with E-state index in [-0.39, 0.29) is 0 Å². The van der Waals surface area contributed by atoms with E-state index in [1.807, 2.05) is 41.2 Å². The molecule has 3 aromatic heterocycles. The van der Waals surface area contributed by atoms with E-state index in [2.05, 4.69) is 25.7 Å². The molecule has 4 heterocycles. The lowest BCUT2D eigenvalue weighted by molar-refractivity contribution is 0.146. The number of benzene rings is 1. The summed E-state index contributed by atoms with van der Waals surface area (Å²) < 4.78 is 14.3. The minimum Gasteiger partial charge on any atom is -0.491 e. The smallest absolute Gasteiger partial charge is 0.187 e. The first kappa shape index (κ1) is 18.6. The third kappa shape index (κ3) is 3.62. The van der Waals surface area contributed by atoms with Crippen molar-refractivity contribution in [2.75, 3.05) is 33.4 Å². The number of hydrogen-bond donors (Lipinski definition) is 1. The van der Waals surface area contributed by atoms with Gasteiger partial charge in [0.2, 0.25) is 0 Å². The van der Waals surface area contributed by atoms with E-state index in [0.29, 0.717) is 36.2 Å². The number of fused-ring (bicyclic) bond motifs is 1. The summed E-state index contributed by atoms with van der Waals surface area (Å²) in [6.07, 6.45) is 4.74. The van der Waals surface area contributed by atoms with Gasteiger partial charge in [0.1, 0.15) is 18.1 Å². The van der Waals surface area contributed by atoms with Gasteiger partial charge >= 0.3 is 0 Å². The first-order valence-electron chi connectivity index (χ1n) is 9.89. The van der Waals surface area contributed by atoms with E-state index >= 15 is 0 Å². The lowest BCUT2D eigenvalue weighted by Crippen LogP contribution is -2.13. The fourth-order valence-corrected chi connectivity index (χ4v) is 3.48. The van der Waals surface area contributed by atoms with Gasteiger partial charge in [-0.25, -0.2) is 9.97 Å². The van der Waals surface area contributed by atoms with Crippen LogP contribution < -0.4 is 10.1 Å². The maximum Gasteiger partial charge on any atom is 0.187 e. The number of aromatic nitrogens is 7. The summed E-state index contributed by atoms with van der Waals surface area (Å²) in [7, 11) is 1.65. The molecule has 1 atom stereocenters. The van der Waals surface area contributed by atoms with Crippen LogP contribution >= 0.6 is 0 Å². The fraction of sp³-hybridized carbons (Fsp3) is 0.350. The van der Waals surface area contributed by atoms with Gasteiger partial charge in [0.05, 0.1) is 24.5 Å². The number of ether oxygens (including phenoxy) is 2. The van der Waals surface area contributed by atoms with Crippen LogP contribution in [0.15, 0.2) is 42.7 Å². The first-order chi connectivity index (χ1) is 14.8. The molecule has 10 heteroatoms. The Bertz CT molecular complexity index is 1130. The highest BCUT2D eigenvalue weighted by atomic mass is 16.5. The number of nitrogens with one attached hydrogen (secondary N) is 1. The standard InChI is InChI=1S/C20H22N8O2/c1-29-10-11-30-16-4-2-14(3-5-16)28-20-18(24-26-28)13-22-19(23-20)17-7-9-27(25-17)15-6-8-21-12-15/h2-5,7,9,13,15,21H,6,8,10-12H2,1H3. The van der Waals surface area contributed by atoms with Crippen LogP contribution in [0.1, 0.15) is 12.5 Å². The van der Waals surface area contributed by atoms with E-state index in [0.717, 1.165) is 36.6 Å². The SMILES string of the molecule is COCCOc1ccc(-n2nnc3cnc(-c4ccn(C5CCNC5)n4)nc32)cc1. The second-order valence-electron chi connectivity index (χ2n) is 7.07. The second kappa shape index (κ2) is 8.17. The molecule has 0 saturated carbocycles. The Labute approximate surface area is 172 Å². The Balaban J connectivity index is 1.42. The summed E-state index contributed by atoms with van der Waals surface area (Å²) in [5.74, 6) is 1.32. The summed E-state index contributed by atoms with van der Waals surface area (Å²) in [5.41, 5.74) is 2.82. The molecule has 30 heavy (non-hydrogen) atoms. The van der Waals surface area contributed by atoms with Crippen LogP contribution in [0, 0.1) is 0 Å². The molecule has 1 aliphatic rings. The van der Waals surface area contributed by atoms with Crippen LogP contribution in [0.25, 0.3) is 28.4 Å². The van der Waals surface area contributed by atoms with E-state index < -0.39 is 0 Å². The van der Waals surface area contributed by atoms with Gasteiger partial charge in [0.25, 0.3) is 0 Å². The molecule has 1 aliphatic heterocycles. The molecule has 1 aromatic carbocycles. The maximum absolute atomic E-state index is 5.62. The van der Waals surface area contributed by atoms with Crippen LogP contribution in [0.4, 0.5) is 0 Å². The zero-order valence-corrected chi connectivity index (χ0v) is 16.6. The molecule has 1 unspecified atom stereocenters. The maximum atomic E-state index is 5.62. The summed E-state index contributed by atoms with van der Waals surface area (Å²) in [5, 5.41) is 16.5. The normalized spacial score (nSPS) is 16.4. The minimum absolute atomic E-state index is 0.374. The summed E-state index contributed by atoms with van der Waals surface area (Å²) in [4.78, 5) is 9.12. The Morgan fingerprint density at radius 3 is 2.87 bits per heavy atom. The molecule has 0 radical (unpaired) electrons. The molecular weight excluding hydrogens is 384 g/mol. The third-order valence-electron chi connectivity index (χ3n) is 5.08. The van der Waals surface area contributed by atoms with Crippen molar-refractivity contribution in [3.05, 3.63) is 42.7 Å². The van der Waals surface area contributed by atoms with Crippen LogP contribution in [-0.4, -0.2) is 68.2 Å². The molecule has 5 rings (SSSR count). The van der Waals surface area contributed by atoms with Gasteiger partial charge in [0, 0.05) is 19.9 Å². The zero-order chi connectivity index (χ0) is 20.3. The van der Waals surface area contributed by atoms with Gasteiger partial charge in [-0.15, -0.1) is 5.10 Å². The van der Waals surface area contributed by atoms with Crippen molar-refractivity contribution in [3.8, 4) is 23.0 Å². The molecular formula is C20H22N8O2. The van der Waals surface area contributed by atoms with Crippen molar-refractivity contribution in [3.63, 3.8) is 0 Å². The van der Waals surface area contributed by atoms with E-state index in [4.69, 9.17) is 14.5 Å². The van der Waals surface area contributed by atoms with Crippen molar-refractivity contribution in [1.29, 1.82) is 0 Å². The highest BCUT2D eigenvalue weighted by Crippen LogP contribution is 2.22. The molecule has 4 aromatic rings. The largest absolute Gasteiger partial charge is 0.491 e. The molecule has 154 valence electrons. The predicted molar refractivity (Wildman–Crippen MR) is 110 cm³/mol. The second-order valence-corrected chi connectivity index (χ2v) is 7.07. The monoisotopic (exact) mass is 406 g/mol. The topological polar surface area (TPSA) is 105 Å². The lowest BCUT2D eigenvalue weighted by atomic mass is 10.3. The van der Waals surface area contributed by atoms with Gasteiger partial charge in [-0.2, -0.15) is 9.78 Å². The number of rotatable bonds is 7. The average Bonchev–Trinajstić information content (AvgIpc) is 3.54. The van der Waals surface area contributed by atoms with Crippen molar-refractivity contribution in [2.24, 2.45) is 0 Å². The highest BCUT2D eigenvalue weighted by molar-refractivity contribution is 5.73. The molecule has 0 amide bonds.